The van der Waals surface area contributed by atoms with E-state index in [4.69, 9.17) is 0 Å². The first-order valence-corrected chi connectivity index (χ1v) is 11.2. The van der Waals surface area contributed by atoms with Gasteiger partial charge in [0, 0.05) is 18.4 Å². The van der Waals surface area contributed by atoms with E-state index in [1.165, 1.54) is 43.9 Å². The summed E-state index contributed by atoms with van der Waals surface area (Å²) in [5.41, 5.74) is 4.97. The van der Waals surface area contributed by atoms with E-state index < -0.39 is 5.91 Å². The molecule has 4 N–H and O–H groups in total. The Morgan fingerprint density at radius 3 is 2.53 bits per heavy atom. The van der Waals surface area contributed by atoms with E-state index in [0.717, 1.165) is 24.2 Å². The summed E-state index contributed by atoms with van der Waals surface area (Å²) in [5.74, 6) is 0.772. The second-order valence-corrected chi connectivity index (χ2v) is 8.23. The van der Waals surface area contributed by atoms with E-state index in [2.05, 4.69) is 32.7 Å². The molecule has 1 fully saturated rings. The van der Waals surface area contributed by atoms with Crippen LogP contribution in [0.3, 0.4) is 0 Å². The molecule has 0 bridgehead atoms. The fourth-order valence-corrected chi connectivity index (χ4v) is 4.16. The van der Waals surface area contributed by atoms with Crippen molar-refractivity contribution in [2.45, 2.75) is 38.5 Å². The first kappa shape index (κ1) is 21.8. The number of nitrogens with one attached hydrogen (secondary N) is 3. The summed E-state index contributed by atoms with van der Waals surface area (Å²) < 4.78 is 0. The molecule has 3 aromatic rings. The average molecular weight is 432 g/mol. The van der Waals surface area contributed by atoms with Gasteiger partial charge < -0.3 is 10.6 Å². The highest BCUT2D eigenvalue weighted by atomic mass is 16.5. The number of amides is 1. The van der Waals surface area contributed by atoms with Crippen molar-refractivity contribution in [1.29, 1.82) is 0 Å². The van der Waals surface area contributed by atoms with Crippen molar-refractivity contribution < 1.29 is 10.0 Å². The third-order valence-corrected chi connectivity index (χ3v) is 5.92. The molecule has 0 radical (unpaired) electrons. The minimum absolute atomic E-state index is 0.172. The fraction of sp³-hybridized carbons (Fsp3) is 0.320. The topological polar surface area (TPSA) is 99.2 Å². The van der Waals surface area contributed by atoms with Crippen LogP contribution in [-0.4, -0.2) is 27.6 Å². The van der Waals surface area contributed by atoms with Crippen LogP contribution in [0.25, 0.3) is 0 Å². The molecule has 166 valence electrons. The molecule has 0 unspecified atom stereocenters. The van der Waals surface area contributed by atoms with Gasteiger partial charge in [0.2, 0.25) is 5.95 Å². The van der Waals surface area contributed by atoms with Crippen molar-refractivity contribution in [3.8, 4) is 0 Å². The van der Waals surface area contributed by atoms with Gasteiger partial charge in [-0.2, -0.15) is 4.98 Å². The predicted octanol–water partition coefficient (Wildman–Crippen LogP) is 4.92. The van der Waals surface area contributed by atoms with Gasteiger partial charge >= 0.3 is 0 Å². The average Bonchev–Trinajstić information content (AvgIpc) is 2.85. The van der Waals surface area contributed by atoms with Gasteiger partial charge in [-0.3, -0.25) is 10.0 Å². The SMILES string of the molecule is O=C(NO)c1cnc(NCC2CCCCC2)nc1Nc1ccccc1Cc1ccccc1. The molecule has 1 amide bonds. The second-order valence-electron chi connectivity index (χ2n) is 8.23. The molecule has 7 nitrogen and oxygen atoms in total. The predicted molar refractivity (Wildman–Crippen MR) is 125 cm³/mol. The van der Waals surface area contributed by atoms with Gasteiger partial charge in [-0.25, -0.2) is 10.5 Å². The number of carbonyl (C=O) groups excluding carboxylic acids is 1. The first-order chi connectivity index (χ1) is 15.7. The Balaban J connectivity index is 1.56. The van der Waals surface area contributed by atoms with E-state index in [1.54, 1.807) is 5.48 Å². The molecule has 0 spiro atoms. The van der Waals surface area contributed by atoms with Crippen LogP contribution < -0.4 is 16.1 Å². The minimum Gasteiger partial charge on any atom is -0.354 e. The molecule has 1 aromatic heterocycles. The Bertz CT molecular complexity index is 1040. The van der Waals surface area contributed by atoms with Gasteiger partial charge in [0.25, 0.3) is 5.91 Å². The molecule has 4 rings (SSSR count). The van der Waals surface area contributed by atoms with Crippen LogP contribution in [0.5, 0.6) is 0 Å². The molecular weight excluding hydrogens is 402 g/mol. The molecule has 1 saturated carbocycles. The second kappa shape index (κ2) is 10.7. The zero-order chi connectivity index (χ0) is 22.2. The molecule has 7 heteroatoms. The maximum atomic E-state index is 12.2. The number of anilines is 3. The normalized spacial score (nSPS) is 14.0. The number of nitrogens with zero attached hydrogens (tertiary/aromatic N) is 2. The van der Waals surface area contributed by atoms with E-state index >= 15 is 0 Å². The highest BCUT2D eigenvalue weighted by molar-refractivity contribution is 5.98. The Hall–Kier alpha value is -3.45. The number of aromatic nitrogens is 2. The van der Waals surface area contributed by atoms with Gasteiger partial charge in [-0.05, 0) is 42.4 Å². The van der Waals surface area contributed by atoms with Gasteiger partial charge in [0.05, 0.1) is 0 Å². The number of hydrogen-bond acceptors (Lipinski definition) is 6. The number of hydrogen-bond donors (Lipinski definition) is 4. The molecule has 32 heavy (non-hydrogen) atoms. The monoisotopic (exact) mass is 431 g/mol. The third-order valence-electron chi connectivity index (χ3n) is 5.92. The zero-order valence-electron chi connectivity index (χ0n) is 18.1. The maximum absolute atomic E-state index is 12.2. The lowest BCUT2D eigenvalue weighted by Gasteiger charge is -2.22. The smallest absolute Gasteiger partial charge is 0.279 e. The number of hydroxylamine groups is 1. The highest BCUT2D eigenvalue weighted by Crippen LogP contribution is 2.26. The van der Waals surface area contributed by atoms with E-state index in [1.807, 2.05) is 42.5 Å². The summed E-state index contributed by atoms with van der Waals surface area (Å²) in [4.78, 5) is 21.1. The lowest BCUT2D eigenvalue weighted by molar-refractivity contribution is 0.0706. The van der Waals surface area contributed by atoms with Crippen LogP contribution in [-0.2, 0) is 6.42 Å². The van der Waals surface area contributed by atoms with Crippen molar-refractivity contribution >= 4 is 23.4 Å². The Labute approximate surface area is 188 Å². The molecule has 0 atom stereocenters. The summed E-state index contributed by atoms with van der Waals surface area (Å²) in [6.45, 7) is 0.815. The number of rotatable bonds is 8. The minimum atomic E-state index is -0.660. The van der Waals surface area contributed by atoms with Crippen LogP contribution >= 0.6 is 0 Å². The third kappa shape index (κ3) is 5.62. The summed E-state index contributed by atoms with van der Waals surface area (Å²) in [6, 6.07) is 18.1. The van der Waals surface area contributed by atoms with Crippen molar-refractivity contribution in [3.63, 3.8) is 0 Å². The molecule has 0 aliphatic heterocycles. The van der Waals surface area contributed by atoms with Crippen molar-refractivity contribution in [2.75, 3.05) is 17.2 Å². The van der Waals surface area contributed by atoms with Crippen LogP contribution in [0.2, 0.25) is 0 Å². The van der Waals surface area contributed by atoms with Crippen molar-refractivity contribution in [3.05, 3.63) is 77.5 Å². The Morgan fingerprint density at radius 1 is 1.00 bits per heavy atom. The highest BCUT2D eigenvalue weighted by Gasteiger charge is 2.17. The Kier molecular flexibility index (Phi) is 7.30. The first-order valence-electron chi connectivity index (χ1n) is 11.2. The van der Waals surface area contributed by atoms with E-state index in [-0.39, 0.29) is 5.56 Å². The largest absolute Gasteiger partial charge is 0.354 e. The van der Waals surface area contributed by atoms with Crippen LogP contribution in [0.15, 0.2) is 60.8 Å². The molecule has 2 aromatic carbocycles. The summed E-state index contributed by atoms with van der Waals surface area (Å²) in [6.07, 6.45) is 8.47. The van der Waals surface area contributed by atoms with Gasteiger partial charge in [-0.15, -0.1) is 0 Å². The summed E-state index contributed by atoms with van der Waals surface area (Å²) >= 11 is 0. The lowest BCUT2D eigenvalue weighted by Crippen LogP contribution is -2.22. The molecule has 1 aliphatic rings. The van der Waals surface area contributed by atoms with Crippen molar-refractivity contribution in [2.24, 2.45) is 5.92 Å². The molecular formula is C25H29N5O2. The maximum Gasteiger partial charge on any atom is 0.279 e. The number of benzene rings is 2. The molecule has 1 heterocycles. The van der Waals surface area contributed by atoms with E-state index in [0.29, 0.717) is 17.7 Å². The quantitative estimate of drug-likeness (QED) is 0.298. The van der Waals surface area contributed by atoms with Gasteiger partial charge in [0.1, 0.15) is 11.4 Å². The molecule has 0 saturated heterocycles. The summed E-state index contributed by atoms with van der Waals surface area (Å²) in [7, 11) is 0. The van der Waals surface area contributed by atoms with Crippen LogP contribution in [0.1, 0.15) is 53.6 Å². The number of carbonyl (C=O) groups is 1. The van der Waals surface area contributed by atoms with Gasteiger partial charge in [0.15, 0.2) is 0 Å². The van der Waals surface area contributed by atoms with Gasteiger partial charge in [-0.1, -0.05) is 67.8 Å². The Morgan fingerprint density at radius 2 is 1.75 bits per heavy atom. The number of para-hydroxylation sites is 1. The zero-order valence-corrected chi connectivity index (χ0v) is 18.1. The lowest BCUT2D eigenvalue weighted by atomic mass is 9.89. The summed E-state index contributed by atoms with van der Waals surface area (Å²) in [5, 5.41) is 15.8. The standard InChI is InChI=1S/C25H29N5O2/c31-24(30-32)21-17-27-25(26-16-19-11-5-2-6-12-19)29-23(21)28-22-14-8-7-13-20(22)15-18-9-3-1-4-10-18/h1,3-4,7-10,13-14,17,19,32H,2,5-6,11-12,15-16H2,(H,30,31)(H2,26,27,28,29). The van der Waals surface area contributed by atoms with Crippen molar-refractivity contribution in [1.82, 2.24) is 15.4 Å². The fourth-order valence-electron chi connectivity index (χ4n) is 4.16. The van der Waals surface area contributed by atoms with E-state index in [9.17, 15) is 10.0 Å². The molecule has 1 aliphatic carbocycles. The van der Waals surface area contributed by atoms with Crippen LogP contribution in [0, 0.1) is 5.92 Å². The van der Waals surface area contributed by atoms with Crippen LogP contribution in [0.4, 0.5) is 17.5 Å².